The Hall–Kier alpha value is -0.370. The molecule has 0 spiro atoms. The van der Waals surface area contributed by atoms with Crippen LogP contribution in [0, 0.1) is 13.8 Å². The van der Waals surface area contributed by atoms with E-state index in [-0.39, 0.29) is 24.0 Å². The quantitative estimate of drug-likeness (QED) is 0.472. The second-order valence-corrected chi connectivity index (χ2v) is 5.71. The molecule has 0 saturated carbocycles. The van der Waals surface area contributed by atoms with E-state index in [4.69, 9.17) is 0 Å². The fourth-order valence-corrected chi connectivity index (χ4v) is 2.66. The van der Waals surface area contributed by atoms with Gasteiger partial charge < -0.3 is 10.2 Å². The zero-order chi connectivity index (χ0) is 13.5. The minimum Gasteiger partial charge on any atom is -0.351 e. The highest BCUT2D eigenvalue weighted by Crippen LogP contribution is 2.16. The Morgan fingerprint density at radius 1 is 1.42 bits per heavy atom. The molecule has 19 heavy (non-hydrogen) atoms. The maximum absolute atomic E-state index is 4.43. The van der Waals surface area contributed by atoms with Gasteiger partial charge in [0.2, 0.25) is 0 Å². The van der Waals surface area contributed by atoms with Crippen molar-refractivity contribution in [1.82, 2.24) is 15.2 Å². The van der Waals surface area contributed by atoms with Crippen molar-refractivity contribution in [2.75, 3.05) is 20.6 Å². The number of aryl methyl sites for hydroxylation is 2. The van der Waals surface area contributed by atoms with Crippen LogP contribution in [0.2, 0.25) is 0 Å². The lowest BCUT2D eigenvalue weighted by Gasteiger charge is -2.21. The van der Waals surface area contributed by atoms with Gasteiger partial charge in [0.15, 0.2) is 5.96 Å². The maximum Gasteiger partial charge on any atom is 0.193 e. The summed E-state index contributed by atoms with van der Waals surface area (Å²) in [6, 6.07) is 0. The van der Waals surface area contributed by atoms with E-state index in [0.717, 1.165) is 29.8 Å². The van der Waals surface area contributed by atoms with Gasteiger partial charge >= 0.3 is 0 Å². The van der Waals surface area contributed by atoms with Crippen molar-refractivity contribution in [2.24, 2.45) is 4.99 Å². The Morgan fingerprint density at radius 3 is 2.58 bits per heavy atom. The van der Waals surface area contributed by atoms with Crippen LogP contribution >= 0.6 is 35.3 Å². The third-order valence-corrected chi connectivity index (χ3v) is 3.90. The molecule has 0 aliphatic carbocycles. The second kappa shape index (κ2) is 9.52. The van der Waals surface area contributed by atoms with Gasteiger partial charge in [-0.2, -0.15) is 0 Å². The average molecular weight is 396 g/mol. The molecular formula is C13H25IN4S. The summed E-state index contributed by atoms with van der Waals surface area (Å²) < 4.78 is 0. The molecule has 6 heteroatoms. The van der Waals surface area contributed by atoms with Crippen LogP contribution in [0.15, 0.2) is 4.99 Å². The lowest BCUT2D eigenvalue weighted by atomic mass is 10.3. The van der Waals surface area contributed by atoms with Crippen molar-refractivity contribution in [2.45, 2.75) is 40.2 Å². The number of hydrogen-bond donors (Lipinski definition) is 1. The summed E-state index contributed by atoms with van der Waals surface area (Å²) in [6.07, 6.45) is 2.39. The molecule has 4 nitrogen and oxygen atoms in total. The molecule has 1 rings (SSSR count). The second-order valence-electron chi connectivity index (χ2n) is 4.42. The molecule has 110 valence electrons. The van der Waals surface area contributed by atoms with E-state index in [9.17, 15) is 0 Å². The molecule has 0 aromatic carbocycles. The van der Waals surface area contributed by atoms with Gasteiger partial charge in [0, 0.05) is 25.5 Å². The summed E-state index contributed by atoms with van der Waals surface area (Å²) in [5, 5.41) is 4.52. The van der Waals surface area contributed by atoms with Gasteiger partial charge in [-0.3, -0.25) is 4.99 Å². The number of hydrogen-bond acceptors (Lipinski definition) is 3. The number of halogens is 1. The molecule has 0 unspecified atom stereocenters. The summed E-state index contributed by atoms with van der Waals surface area (Å²) in [6.45, 7) is 8.15. The van der Waals surface area contributed by atoms with E-state index in [0.29, 0.717) is 0 Å². The number of aliphatic imine (C=N–C) groups is 1. The maximum atomic E-state index is 4.43. The van der Waals surface area contributed by atoms with E-state index < -0.39 is 0 Å². The van der Waals surface area contributed by atoms with Crippen molar-refractivity contribution in [1.29, 1.82) is 0 Å². The van der Waals surface area contributed by atoms with Crippen molar-refractivity contribution >= 4 is 41.3 Å². The molecule has 0 fully saturated rings. The minimum absolute atomic E-state index is 0. The number of nitrogens with one attached hydrogen (secondary N) is 1. The molecule has 0 aliphatic heterocycles. The molecular weight excluding hydrogens is 371 g/mol. The number of nitrogens with zero attached hydrogens (tertiary/aromatic N) is 3. The highest BCUT2D eigenvalue weighted by molar-refractivity contribution is 14.0. The average Bonchev–Trinajstić information content (AvgIpc) is 2.66. The Labute approximate surface area is 137 Å². The van der Waals surface area contributed by atoms with Gasteiger partial charge in [-0.05, 0) is 20.3 Å². The van der Waals surface area contributed by atoms with Gasteiger partial charge in [0.1, 0.15) is 0 Å². The Balaban J connectivity index is 0.00000324. The molecule has 0 radical (unpaired) electrons. The van der Waals surface area contributed by atoms with Crippen LogP contribution in [-0.4, -0.2) is 36.5 Å². The lowest BCUT2D eigenvalue weighted by molar-refractivity contribution is 0.465. The zero-order valence-electron chi connectivity index (χ0n) is 12.5. The zero-order valence-corrected chi connectivity index (χ0v) is 15.6. The molecule has 0 bridgehead atoms. The van der Waals surface area contributed by atoms with Crippen LogP contribution in [0.25, 0.3) is 0 Å². The van der Waals surface area contributed by atoms with Crippen molar-refractivity contribution in [3.8, 4) is 0 Å². The molecule has 1 heterocycles. The molecule has 0 atom stereocenters. The molecule has 0 aliphatic rings. The van der Waals surface area contributed by atoms with E-state index in [1.807, 2.05) is 14.0 Å². The first kappa shape index (κ1) is 18.6. The first-order valence-corrected chi connectivity index (χ1v) is 7.24. The number of aromatic nitrogens is 1. The fourth-order valence-electron chi connectivity index (χ4n) is 1.78. The fraction of sp³-hybridized carbons (Fsp3) is 0.692. The molecule has 0 amide bonds. The number of thiazole rings is 1. The first-order chi connectivity index (χ1) is 8.58. The Morgan fingerprint density at radius 2 is 2.11 bits per heavy atom. The van der Waals surface area contributed by atoms with E-state index in [1.54, 1.807) is 11.3 Å². The third kappa shape index (κ3) is 6.07. The number of unbranched alkanes of at least 4 members (excludes halogenated alkanes) is 1. The predicted octanol–water partition coefficient (Wildman–Crippen LogP) is 3.19. The van der Waals surface area contributed by atoms with Crippen LogP contribution in [0.1, 0.15) is 35.3 Å². The largest absolute Gasteiger partial charge is 0.351 e. The Kier molecular flexibility index (Phi) is 9.34. The summed E-state index contributed by atoms with van der Waals surface area (Å²) >= 11 is 1.75. The topological polar surface area (TPSA) is 40.5 Å². The van der Waals surface area contributed by atoms with Gasteiger partial charge in [0.25, 0.3) is 0 Å². The van der Waals surface area contributed by atoms with Crippen LogP contribution in [0.4, 0.5) is 0 Å². The molecule has 1 aromatic heterocycles. The van der Waals surface area contributed by atoms with Gasteiger partial charge in [-0.15, -0.1) is 35.3 Å². The van der Waals surface area contributed by atoms with E-state index in [1.165, 1.54) is 17.7 Å². The van der Waals surface area contributed by atoms with Crippen molar-refractivity contribution in [3.05, 3.63) is 15.6 Å². The first-order valence-electron chi connectivity index (χ1n) is 6.43. The van der Waals surface area contributed by atoms with E-state index in [2.05, 4.69) is 41.1 Å². The van der Waals surface area contributed by atoms with Crippen LogP contribution in [0.3, 0.4) is 0 Å². The summed E-state index contributed by atoms with van der Waals surface area (Å²) in [5.74, 6) is 0.953. The van der Waals surface area contributed by atoms with Crippen LogP contribution in [0.5, 0.6) is 0 Å². The molecule has 1 aromatic rings. The summed E-state index contributed by atoms with van der Waals surface area (Å²) in [5.41, 5.74) is 1.12. The minimum atomic E-state index is 0. The predicted molar refractivity (Wildman–Crippen MR) is 94.7 cm³/mol. The highest BCUT2D eigenvalue weighted by Gasteiger charge is 2.08. The normalized spacial score (nSPS) is 11.1. The Bertz CT molecular complexity index is 403. The summed E-state index contributed by atoms with van der Waals surface area (Å²) in [7, 11) is 3.91. The van der Waals surface area contributed by atoms with Gasteiger partial charge in [-0.25, -0.2) is 4.98 Å². The highest BCUT2D eigenvalue weighted by atomic mass is 127. The SMILES string of the molecule is CCCCN(C)C(=NC)NCc1sc(C)nc1C.I. The van der Waals surface area contributed by atoms with Gasteiger partial charge in [-0.1, -0.05) is 13.3 Å². The lowest BCUT2D eigenvalue weighted by Crippen LogP contribution is -2.38. The van der Waals surface area contributed by atoms with Crippen molar-refractivity contribution in [3.63, 3.8) is 0 Å². The van der Waals surface area contributed by atoms with Crippen molar-refractivity contribution < 1.29 is 0 Å². The monoisotopic (exact) mass is 396 g/mol. The van der Waals surface area contributed by atoms with Gasteiger partial charge in [0.05, 0.1) is 17.2 Å². The standard InChI is InChI=1S/C13H24N4S.HI/c1-6-7-8-17(5)13(14-4)15-9-12-10(2)16-11(3)18-12;/h6-9H2,1-5H3,(H,14,15);1H. The summed E-state index contributed by atoms with van der Waals surface area (Å²) in [4.78, 5) is 12.2. The molecule has 1 N–H and O–H groups in total. The molecule has 0 saturated heterocycles. The van der Waals surface area contributed by atoms with Crippen LogP contribution < -0.4 is 5.32 Å². The smallest absolute Gasteiger partial charge is 0.193 e. The number of guanidine groups is 1. The van der Waals surface area contributed by atoms with E-state index >= 15 is 0 Å². The third-order valence-electron chi connectivity index (χ3n) is 2.83. The number of rotatable bonds is 5. The van der Waals surface area contributed by atoms with Crippen LogP contribution in [-0.2, 0) is 6.54 Å².